The molecule has 5 nitrogen and oxygen atoms in total. The van der Waals surface area contributed by atoms with E-state index in [-0.39, 0.29) is 5.41 Å². The summed E-state index contributed by atoms with van der Waals surface area (Å²) in [5.41, 5.74) is 3.65. The van der Waals surface area contributed by atoms with Gasteiger partial charge in [-0.2, -0.15) is 4.98 Å². The van der Waals surface area contributed by atoms with E-state index in [4.69, 9.17) is 4.98 Å². The molecule has 1 saturated heterocycles. The van der Waals surface area contributed by atoms with Gasteiger partial charge in [-0.15, -0.1) is 0 Å². The van der Waals surface area contributed by atoms with Crippen LogP contribution in [0.5, 0.6) is 0 Å². The first-order valence-electron chi connectivity index (χ1n) is 10.3. The Kier molecular flexibility index (Phi) is 5.38. The lowest BCUT2D eigenvalue weighted by Crippen LogP contribution is -2.46. The Labute approximate surface area is 173 Å². The molecule has 1 aliphatic rings. The minimum atomic E-state index is 0.0506. The van der Waals surface area contributed by atoms with Gasteiger partial charge in [-0.05, 0) is 35.2 Å². The highest BCUT2D eigenvalue weighted by atomic mass is 15.3. The van der Waals surface area contributed by atoms with E-state index < -0.39 is 0 Å². The summed E-state index contributed by atoms with van der Waals surface area (Å²) in [5.74, 6) is 1.62. The predicted molar refractivity (Wildman–Crippen MR) is 121 cm³/mol. The monoisotopic (exact) mass is 387 g/mol. The number of aromatic nitrogens is 2. The lowest BCUT2D eigenvalue weighted by atomic mass is 9.86. The summed E-state index contributed by atoms with van der Waals surface area (Å²) >= 11 is 0. The van der Waals surface area contributed by atoms with Crippen LogP contribution >= 0.6 is 0 Å². The van der Waals surface area contributed by atoms with Crippen molar-refractivity contribution < 1.29 is 0 Å². The third-order valence-electron chi connectivity index (χ3n) is 5.35. The molecule has 1 fully saturated rings. The van der Waals surface area contributed by atoms with Crippen LogP contribution in [0.25, 0.3) is 0 Å². The average molecular weight is 388 g/mol. The van der Waals surface area contributed by atoms with E-state index >= 15 is 0 Å². The third-order valence-corrected chi connectivity index (χ3v) is 5.35. The fourth-order valence-electron chi connectivity index (χ4n) is 3.78. The zero-order valence-electron chi connectivity index (χ0n) is 17.5. The van der Waals surface area contributed by atoms with E-state index in [1.54, 1.807) is 0 Å². The Hall–Kier alpha value is -3.08. The number of para-hydroxylation sites is 2. The summed E-state index contributed by atoms with van der Waals surface area (Å²) in [6.45, 7) is 10.5. The summed E-state index contributed by atoms with van der Waals surface area (Å²) in [4.78, 5) is 14.0. The summed E-state index contributed by atoms with van der Waals surface area (Å²) in [7, 11) is 0. The number of nitrogens with one attached hydrogen (secondary N) is 1. The molecule has 1 aliphatic heterocycles. The van der Waals surface area contributed by atoms with Gasteiger partial charge in [0.15, 0.2) is 0 Å². The van der Waals surface area contributed by atoms with Gasteiger partial charge in [-0.1, -0.05) is 57.2 Å². The molecule has 29 heavy (non-hydrogen) atoms. The Balaban J connectivity index is 1.47. The highest BCUT2D eigenvalue weighted by molar-refractivity contribution is 5.61. The molecule has 0 bridgehead atoms. The van der Waals surface area contributed by atoms with Crippen LogP contribution in [0.2, 0.25) is 0 Å². The van der Waals surface area contributed by atoms with E-state index in [2.05, 4.69) is 89.4 Å². The fraction of sp³-hybridized carbons (Fsp3) is 0.333. The van der Waals surface area contributed by atoms with Gasteiger partial charge in [0.25, 0.3) is 0 Å². The van der Waals surface area contributed by atoms with Crippen molar-refractivity contribution in [3.8, 4) is 0 Å². The van der Waals surface area contributed by atoms with Crippen molar-refractivity contribution in [3.63, 3.8) is 0 Å². The molecule has 1 aromatic heterocycles. The van der Waals surface area contributed by atoms with Crippen molar-refractivity contribution in [2.45, 2.75) is 26.2 Å². The van der Waals surface area contributed by atoms with Crippen molar-refractivity contribution >= 4 is 23.1 Å². The zero-order valence-corrected chi connectivity index (χ0v) is 17.5. The van der Waals surface area contributed by atoms with Crippen molar-refractivity contribution in [1.82, 2.24) is 9.97 Å². The van der Waals surface area contributed by atoms with Crippen LogP contribution < -0.4 is 15.1 Å². The number of anilines is 4. The summed E-state index contributed by atoms with van der Waals surface area (Å²) in [6, 6.07) is 21.0. The van der Waals surface area contributed by atoms with Gasteiger partial charge < -0.3 is 15.1 Å². The summed E-state index contributed by atoms with van der Waals surface area (Å²) < 4.78 is 0. The molecule has 4 rings (SSSR count). The Morgan fingerprint density at radius 2 is 1.45 bits per heavy atom. The highest BCUT2D eigenvalue weighted by Crippen LogP contribution is 2.30. The van der Waals surface area contributed by atoms with Crippen LogP contribution in [-0.2, 0) is 5.41 Å². The Bertz CT molecular complexity index is 941. The Morgan fingerprint density at radius 1 is 0.793 bits per heavy atom. The quantitative estimate of drug-likeness (QED) is 0.694. The first-order chi connectivity index (χ1) is 14.0. The molecular formula is C24H29N5. The first kappa shape index (κ1) is 19.2. The summed E-state index contributed by atoms with van der Waals surface area (Å²) in [6.07, 6.45) is 1.84. The molecule has 2 aromatic carbocycles. The number of hydrogen-bond donors (Lipinski definition) is 1. The third kappa shape index (κ3) is 4.50. The van der Waals surface area contributed by atoms with Crippen LogP contribution in [0.15, 0.2) is 66.9 Å². The van der Waals surface area contributed by atoms with Crippen LogP contribution in [0.3, 0.4) is 0 Å². The van der Waals surface area contributed by atoms with E-state index in [1.165, 1.54) is 11.3 Å². The van der Waals surface area contributed by atoms with Crippen LogP contribution in [0, 0.1) is 0 Å². The fourth-order valence-corrected chi connectivity index (χ4v) is 3.78. The van der Waals surface area contributed by atoms with Gasteiger partial charge in [0, 0.05) is 43.8 Å². The smallest absolute Gasteiger partial charge is 0.229 e. The molecule has 5 heteroatoms. The molecule has 1 N–H and O–H groups in total. The largest absolute Gasteiger partial charge is 0.368 e. The second kappa shape index (κ2) is 8.11. The second-order valence-corrected chi connectivity index (χ2v) is 8.47. The normalized spacial score (nSPS) is 14.7. The molecule has 0 atom stereocenters. The lowest BCUT2D eigenvalue weighted by molar-refractivity contribution is 0.592. The average Bonchev–Trinajstić information content (AvgIpc) is 2.74. The number of rotatable bonds is 4. The zero-order chi connectivity index (χ0) is 20.3. The van der Waals surface area contributed by atoms with E-state index in [0.717, 1.165) is 37.7 Å². The SMILES string of the molecule is CC(C)(C)c1ccccc1Nc1nccc(N2CCN(c3ccccc3)CC2)n1. The Morgan fingerprint density at radius 3 is 2.17 bits per heavy atom. The van der Waals surface area contributed by atoms with Crippen LogP contribution in [0.1, 0.15) is 26.3 Å². The first-order valence-corrected chi connectivity index (χ1v) is 10.3. The van der Waals surface area contributed by atoms with Gasteiger partial charge >= 0.3 is 0 Å². The van der Waals surface area contributed by atoms with Crippen LogP contribution in [-0.4, -0.2) is 36.1 Å². The minimum Gasteiger partial charge on any atom is -0.368 e. The van der Waals surface area contributed by atoms with Crippen molar-refractivity contribution in [3.05, 3.63) is 72.4 Å². The molecule has 150 valence electrons. The van der Waals surface area contributed by atoms with Crippen molar-refractivity contribution in [1.29, 1.82) is 0 Å². The van der Waals surface area contributed by atoms with E-state index in [1.807, 2.05) is 18.3 Å². The molecule has 0 aliphatic carbocycles. The van der Waals surface area contributed by atoms with Crippen LogP contribution in [0.4, 0.5) is 23.1 Å². The number of nitrogens with zero attached hydrogens (tertiary/aromatic N) is 4. The van der Waals surface area contributed by atoms with Gasteiger partial charge in [0.2, 0.25) is 5.95 Å². The molecule has 0 amide bonds. The number of hydrogen-bond acceptors (Lipinski definition) is 5. The molecule has 3 aromatic rings. The van der Waals surface area contributed by atoms with E-state index in [9.17, 15) is 0 Å². The molecular weight excluding hydrogens is 358 g/mol. The topological polar surface area (TPSA) is 44.3 Å². The standard InChI is InChI=1S/C24H29N5/c1-24(2,3)20-11-7-8-12-21(20)26-23-25-14-13-22(27-23)29-17-15-28(16-18-29)19-9-5-4-6-10-19/h4-14H,15-18H2,1-3H3,(H,25,26,27). The summed E-state index contributed by atoms with van der Waals surface area (Å²) in [5, 5.41) is 3.43. The van der Waals surface area contributed by atoms with Crippen molar-refractivity contribution in [2.24, 2.45) is 0 Å². The maximum atomic E-state index is 4.80. The van der Waals surface area contributed by atoms with Crippen molar-refractivity contribution in [2.75, 3.05) is 41.3 Å². The molecule has 0 saturated carbocycles. The highest BCUT2D eigenvalue weighted by Gasteiger charge is 2.20. The van der Waals surface area contributed by atoms with Gasteiger partial charge in [-0.3, -0.25) is 0 Å². The maximum Gasteiger partial charge on any atom is 0.229 e. The second-order valence-electron chi connectivity index (χ2n) is 8.47. The number of piperazine rings is 1. The number of benzene rings is 2. The van der Waals surface area contributed by atoms with E-state index in [0.29, 0.717) is 5.95 Å². The maximum absolute atomic E-state index is 4.80. The minimum absolute atomic E-state index is 0.0506. The van der Waals surface area contributed by atoms with Gasteiger partial charge in [-0.25, -0.2) is 4.98 Å². The molecule has 2 heterocycles. The molecule has 0 spiro atoms. The predicted octanol–water partition coefficient (Wildman–Crippen LogP) is 4.84. The lowest BCUT2D eigenvalue weighted by Gasteiger charge is -2.36. The molecule has 0 radical (unpaired) electrons. The molecule has 0 unspecified atom stereocenters. The van der Waals surface area contributed by atoms with Gasteiger partial charge in [0.05, 0.1) is 0 Å². The van der Waals surface area contributed by atoms with Gasteiger partial charge in [0.1, 0.15) is 5.82 Å².